The lowest BCUT2D eigenvalue weighted by atomic mass is 10.0. The first-order valence-corrected chi connectivity index (χ1v) is 5.83. The fraction of sp³-hybridized carbons (Fsp3) is 1.00. The summed E-state index contributed by atoms with van der Waals surface area (Å²) in [6.07, 6.45) is 1.32. The maximum Gasteiger partial charge on any atom is 0.00256 e. The summed E-state index contributed by atoms with van der Waals surface area (Å²) in [5.41, 5.74) is 0. The van der Waals surface area contributed by atoms with Crippen LogP contribution in [0.1, 0.15) is 21.3 Å². The van der Waals surface area contributed by atoms with Crippen molar-refractivity contribution in [3.8, 4) is 0 Å². The molecule has 3 heteroatoms. The second-order valence-electron chi connectivity index (χ2n) is 5.09. The van der Waals surface area contributed by atoms with E-state index in [1.54, 1.807) is 0 Å². The van der Waals surface area contributed by atoms with Crippen LogP contribution in [0.25, 0.3) is 0 Å². The topological polar surface area (TPSA) is 18.5 Å². The van der Waals surface area contributed by atoms with Crippen molar-refractivity contribution in [2.75, 3.05) is 53.4 Å². The van der Waals surface area contributed by atoms with E-state index in [0.29, 0.717) is 0 Å². The SMILES string of the molecule is C.C.CN(C)CCCN1CC2CNCC2C1. The third kappa shape index (κ3) is 4.04. The fourth-order valence-electron chi connectivity index (χ4n) is 2.75. The maximum atomic E-state index is 3.48. The van der Waals surface area contributed by atoms with Crippen LogP contribution in [-0.4, -0.2) is 63.2 Å². The summed E-state index contributed by atoms with van der Waals surface area (Å²) < 4.78 is 0. The molecule has 98 valence electrons. The third-order valence-corrected chi connectivity index (χ3v) is 3.54. The molecule has 0 spiro atoms. The van der Waals surface area contributed by atoms with Crippen LogP contribution in [0.4, 0.5) is 0 Å². The summed E-state index contributed by atoms with van der Waals surface area (Å²) in [5, 5.41) is 3.48. The molecule has 2 aliphatic rings. The Morgan fingerprint density at radius 1 is 1.12 bits per heavy atom. The summed E-state index contributed by atoms with van der Waals surface area (Å²) in [5.74, 6) is 1.91. The Balaban J connectivity index is 0.00000112. The first kappa shape index (κ1) is 15.9. The second-order valence-corrected chi connectivity index (χ2v) is 5.09. The van der Waals surface area contributed by atoms with Crippen molar-refractivity contribution in [3.05, 3.63) is 0 Å². The van der Waals surface area contributed by atoms with Crippen LogP contribution in [0, 0.1) is 11.8 Å². The summed E-state index contributed by atoms with van der Waals surface area (Å²) >= 11 is 0. The molecule has 2 rings (SSSR count). The van der Waals surface area contributed by atoms with Gasteiger partial charge in [0.1, 0.15) is 0 Å². The highest BCUT2D eigenvalue weighted by molar-refractivity contribution is 4.90. The molecule has 0 aliphatic carbocycles. The van der Waals surface area contributed by atoms with Crippen molar-refractivity contribution in [1.29, 1.82) is 0 Å². The van der Waals surface area contributed by atoms with E-state index in [0.717, 1.165) is 11.8 Å². The van der Waals surface area contributed by atoms with E-state index in [1.807, 2.05) is 0 Å². The van der Waals surface area contributed by atoms with Gasteiger partial charge in [0, 0.05) is 13.1 Å². The minimum absolute atomic E-state index is 0. The molecule has 0 aromatic rings. The molecule has 0 aromatic heterocycles. The molecule has 0 aromatic carbocycles. The zero-order chi connectivity index (χ0) is 9.97. The Kier molecular flexibility index (Phi) is 7.20. The first-order valence-electron chi connectivity index (χ1n) is 5.83. The van der Waals surface area contributed by atoms with Gasteiger partial charge in [-0.15, -0.1) is 0 Å². The van der Waals surface area contributed by atoms with Gasteiger partial charge in [-0.3, -0.25) is 0 Å². The standard InChI is InChI=1S/C11H23N3.2CH4/c1-13(2)4-3-5-14-8-10-6-12-7-11(10)9-14;;/h10-12H,3-9H2,1-2H3;2*1H4. The van der Waals surface area contributed by atoms with Gasteiger partial charge in [0.05, 0.1) is 0 Å². The predicted molar refractivity (Wildman–Crippen MR) is 72.9 cm³/mol. The van der Waals surface area contributed by atoms with Crippen molar-refractivity contribution in [2.24, 2.45) is 11.8 Å². The number of hydrogen-bond donors (Lipinski definition) is 1. The van der Waals surface area contributed by atoms with Crippen molar-refractivity contribution in [3.63, 3.8) is 0 Å². The van der Waals surface area contributed by atoms with Gasteiger partial charge in [0.25, 0.3) is 0 Å². The smallest absolute Gasteiger partial charge is 0.00256 e. The van der Waals surface area contributed by atoms with E-state index < -0.39 is 0 Å². The van der Waals surface area contributed by atoms with Gasteiger partial charge in [-0.05, 0) is 58.5 Å². The lowest BCUT2D eigenvalue weighted by molar-refractivity contribution is 0.286. The zero-order valence-corrected chi connectivity index (χ0v) is 9.50. The third-order valence-electron chi connectivity index (χ3n) is 3.54. The summed E-state index contributed by atoms with van der Waals surface area (Å²) in [6.45, 7) is 7.72. The molecular weight excluding hydrogens is 198 g/mol. The van der Waals surface area contributed by atoms with E-state index in [4.69, 9.17) is 0 Å². The largest absolute Gasteiger partial charge is 0.316 e. The quantitative estimate of drug-likeness (QED) is 0.785. The van der Waals surface area contributed by atoms with Crippen LogP contribution in [0.5, 0.6) is 0 Å². The summed E-state index contributed by atoms with van der Waals surface area (Å²) in [7, 11) is 4.31. The van der Waals surface area contributed by atoms with Gasteiger partial charge in [-0.2, -0.15) is 0 Å². The number of likely N-dealkylation sites (tertiary alicyclic amines) is 1. The molecule has 2 unspecified atom stereocenters. The molecular formula is C13H31N3. The molecule has 0 bridgehead atoms. The number of hydrogen-bond acceptors (Lipinski definition) is 3. The van der Waals surface area contributed by atoms with Crippen molar-refractivity contribution in [2.45, 2.75) is 21.3 Å². The van der Waals surface area contributed by atoms with Gasteiger partial charge >= 0.3 is 0 Å². The molecule has 0 saturated carbocycles. The summed E-state index contributed by atoms with van der Waals surface area (Å²) in [4.78, 5) is 4.93. The Morgan fingerprint density at radius 2 is 1.69 bits per heavy atom. The Morgan fingerprint density at radius 3 is 2.19 bits per heavy atom. The molecule has 2 saturated heterocycles. The highest BCUT2D eigenvalue weighted by Crippen LogP contribution is 2.25. The van der Waals surface area contributed by atoms with E-state index in [2.05, 4.69) is 29.2 Å². The van der Waals surface area contributed by atoms with E-state index in [1.165, 1.54) is 45.7 Å². The molecule has 0 radical (unpaired) electrons. The lowest BCUT2D eigenvalue weighted by Crippen LogP contribution is -2.28. The first-order chi connectivity index (χ1) is 6.75. The molecule has 2 aliphatic heterocycles. The normalized spacial score (nSPS) is 28.7. The average molecular weight is 229 g/mol. The van der Waals surface area contributed by atoms with Crippen LogP contribution in [-0.2, 0) is 0 Å². The second kappa shape index (κ2) is 7.25. The average Bonchev–Trinajstić information content (AvgIpc) is 2.62. The molecule has 2 heterocycles. The Labute approximate surface area is 102 Å². The minimum atomic E-state index is 0. The fourth-order valence-corrected chi connectivity index (χ4v) is 2.75. The minimum Gasteiger partial charge on any atom is -0.316 e. The maximum absolute atomic E-state index is 3.48. The van der Waals surface area contributed by atoms with E-state index in [9.17, 15) is 0 Å². The van der Waals surface area contributed by atoms with Crippen molar-refractivity contribution >= 4 is 0 Å². The Hall–Kier alpha value is -0.120. The number of rotatable bonds is 4. The van der Waals surface area contributed by atoms with Gasteiger partial charge in [0.2, 0.25) is 0 Å². The molecule has 3 nitrogen and oxygen atoms in total. The number of nitrogens with zero attached hydrogens (tertiary/aromatic N) is 2. The lowest BCUT2D eigenvalue weighted by Gasteiger charge is -2.18. The van der Waals surface area contributed by atoms with Crippen LogP contribution in [0.15, 0.2) is 0 Å². The molecule has 0 amide bonds. The zero-order valence-electron chi connectivity index (χ0n) is 9.50. The highest BCUT2D eigenvalue weighted by atomic mass is 15.2. The van der Waals surface area contributed by atoms with Crippen LogP contribution < -0.4 is 5.32 Å². The molecule has 2 fully saturated rings. The predicted octanol–water partition coefficient (Wildman–Crippen LogP) is 1.36. The Bertz CT molecular complexity index is 170. The van der Waals surface area contributed by atoms with Crippen molar-refractivity contribution in [1.82, 2.24) is 15.1 Å². The monoisotopic (exact) mass is 229 g/mol. The van der Waals surface area contributed by atoms with Crippen LogP contribution in [0.3, 0.4) is 0 Å². The van der Waals surface area contributed by atoms with Crippen molar-refractivity contribution < 1.29 is 0 Å². The number of fused-ring (bicyclic) bond motifs is 1. The van der Waals surface area contributed by atoms with Crippen LogP contribution in [0.2, 0.25) is 0 Å². The summed E-state index contributed by atoms with van der Waals surface area (Å²) in [6, 6.07) is 0. The van der Waals surface area contributed by atoms with Gasteiger partial charge < -0.3 is 15.1 Å². The van der Waals surface area contributed by atoms with E-state index >= 15 is 0 Å². The molecule has 16 heavy (non-hydrogen) atoms. The molecule has 2 atom stereocenters. The number of nitrogens with one attached hydrogen (secondary N) is 1. The van der Waals surface area contributed by atoms with Gasteiger partial charge in [-0.1, -0.05) is 14.9 Å². The van der Waals surface area contributed by atoms with Crippen LogP contribution >= 0.6 is 0 Å². The van der Waals surface area contributed by atoms with Gasteiger partial charge in [-0.25, -0.2) is 0 Å². The molecule has 1 N–H and O–H groups in total. The van der Waals surface area contributed by atoms with Gasteiger partial charge in [0.15, 0.2) is 0 Å². The van der Waals surface area contributed by atoms with E-state index in [-0.39, 0.29) is 14.9 Å². The highest BCUT2D eigenvalue weighted by Gasteiger charge is 2.35.